The Hall–Kier alpha value is -2.07. The van der Waals surface area contributed by atoms with Crippen molar-refractivity contribution in [3.05, 3.63) is 36.2 Å². The van der Waals surface area contributed by atoms with Crippen LogP contribution in [-0.2, 0) is 21.2 Å². The molecule has 174 valence electrons. The van der Waals surface area contributed by atoms with Crippen LogP contribution in [0.15, 0.2) is 35.5 Å². The van der Waals surface area contributed by atoms with Crippen LogP contribution >= 0.6 is 0 Å². The molecule has 1 N–H and O–H groups in total. The maximum Gasteiger partial charge on any atom is 0.243 e. The SMILES string of the molecule is CCCc1cncc2cccc(S(=O)(=O)N3CC[C@H](NC(=O)CN4CCN(C)CC4)C3)c12. The number of carbonyl (C=O) groups excluding carboxylic acids is 1. The molecule has 1 amide bonds. The van der Waals surface area contributed by atoms with Crippen LogP contribution in [0.25, 0.3) is 10.8 Å². The first-order chi connectivity index (χ1) is 15.4. The number of piperazine rings is 1. The van der Waals surface area contributed by atoms with Gasteiger partial charge in [0.05, 0.1) is 11.4 Å². The Bertz CT molecular complexity index is 1060. The summed E-state index contributed by atoms with van der Waals surface area (Å²) in [7, 11) is -1.58. The van der Waals surface area contributed by atoms with Crippen molar-refractivity contribution in [1.29, 1.82) is 0 Å². The van der Waals surface area contributed by atoms with Gasteiger partial charge in [0.25, 0.3) is 0 Å². The summed E-state index contributed by atoms with van der Waals surface area (Å²) >= 11 is 0. The van der Waals surface area contributed by atoms with Crippen molar-refractivity contribution >= 4 is 26.7 Å². The molecule has 2 fully saturated rings. The van der Waals surface area contributed by atoms with E-state index in [2.05, 4.69) is 34.1 Å². The number of pyridine rings is 1. The third-order valence-corrected chi connectivity index (χ3v) is 8.35. The average molecular weight is 460 g/mol. The predicted octanol–water partition coefficient (Wildman–Crippen LogP) is 1.31. The van der Waals surface area contributed by atoms with Crippen LogP contribution in [0.2, 0.25) is 0 Å². The van der Waals surface area contributed by atoms with E-state index in [1.807, 2.05) is 6.07 Å². The highest BCUT2D eigenvalue weighted by atomic mass is 32.2. The Morgan fingerprint density at radius 1 is 1.16 bits per heavy atom. The molecule has 0 bridgehead atoms. The van der Waals surface area contributed by atoms with Gasteiger partial charge in [0.2, 0.25) is 15.9 Å². The quantitative estimate of drug-likeness (QED) is 0.672. The van der Waals surface area contributed by atoms with Gasteiger partial charge in [-0.2, -0.15) is 4.31 Å². The fourth-order valence-corrected chi connectivity index (χ4v) is 6.39. The molecule has 1 aromatic carbocycles. The Morgan fingerprint density at radius 3 is 2.69 bits per heavy atom. The van der Waals surface area contributed by atoms with E-state index in [9.17, 15) is 13.2 Å². The summed E-state index contributed by atoms with van der Waals surface area (Å²) < 4.78 is 28.6. The molecule has 8 nitrogen and oxygen atoms in total. The molecule has 32 heavy (non-hydrogen) atoms. The number of carbonyl (C=O) groups is 1. The second kappa shape index (κ2) is 9.82. The first-order valence-electron chi connectivity index (χ1n) is 11.4. The second-order valence-electron chi connectivity index (χ2n) is 8.90. The maximum absolute atomic E-state index is 13.6. The normalized spacial score (nSPS) is 21.2. The summed E-state index contributed by atoms with van der Waals surface area (Å²) in [5.74, 6) is -0.0275. The Morgan fingerprint density at radius 2 is 1.94 bits per heavy atom. The molecule has 3 heterocycles. The van der Waals surface area contributed by atoms with Crippen LogP contribution in [0, 0.1) is 0 Å². The minimum atomic E-state index is -3.67. The van der Waals surface area contributed by atoms with Gasteiger partial charge in [-0.05, 0) is 31.5 Å². The highest BCUT2D eigenvalue weighted by Gasteiger charge is 2.34. The van der Waals surface area contributed by atoms with Gasteiger partial charge in [-0.3, -0.25) is 14.7 Å². The Labute approximate surface area is 190 Å². The van der Waals surface area contributed by atoms with E-state index in [-0.39, 0.29) is 11.9 Å². The number of hydrogen-bond acceptors (Lipinski definition) is 6. The lowest BCUT2D eigenvalue weighted by Gasteiger charge is -2.32. The first kappa shape index (κ1) is 23.1. The molecule has 2 aromatic rings. The van der Waals surface area contributed by atoms with E-state index < -0.39 is 10.0 Å². The van der Waals surface area contributed by atoms with E-state index in [4.69, 9.17) is 0 Å². The van der Waals surface area contributed by atoms with Crippen LogP contribution in [0.5, 0.6) is 0 Å². The number of hydrogen-bond donors (Lipinski definition) is 1. The van der Waals surface area contributed by atoms with Crippen molar-refractivity contribution in [3.8, 4) is 0 Å². The summed E-state index contributed by atoms with van der Waals surface area (Å²) in [6.07, 6.45) is 5.82. The van der Waals surface area contributed by atoms with Crippen LogP contribution < -0.4 is 5.32 Å². The molecule has 1 aromatic heterocycles. The number of likely N-dealkylation sites (N-methyl/N-ethyl adjacent to an activating group) is 1. The van der Waals surface area contributed by atoms with Gasteiger partial charge in [0.15, 0.2) is 0 Å². The first-order valence-corrected chi connectivity index (χ1v) is 12.9. The number of rotatable bonds is 7. The number of benzene rings is 1. The lowest BCUT2D eigenvalue weighted by molar-refractivity contribution is -0.123. The number of nitrogens with zero attached hydrogens (tertiary/aromatic N) is 4. The predicted molar refractivity (Wildman–Crippen MR) is 125 cm³/mol. The Kier molecular flexibility index (Phi) is 7.09. The van der Waals surface area contributed by atoms with Crippen molar-refractivity contribution in [2.75, 3.05) is 52.9 Å². The van der Waals surface area contributed by atoms with Crippen molar-refractivity contribution in [2.45, 2.75) is 37.1 Å². The van der Waals surface area contributed by atoms with Gasteiger partial charge in [-0.15, -0.1) is 0 Å². The molecular weight excluding hydrogens is 426 g/mol. The molecule has 0 saturated carbocycles. The highest BCUT2D eigenvalue weighted by molar-refractivity contribution is 7.89. The van der Waals surface area contributed by atoms with Crippen molar-refractivity contribution in [2.24, 2.45) is 0 Å². The highest BCUT2D eigenvalue weighted by Crippen LogP contribution is 2.30. The van der Waals surface area contributed by atoms with Crippen LogP contribution in [0.4, 0.5) is 0 Å². The molecular formula is C23H33N5O3S. The monoisotopic (exact) mass is 459 g/mol. The number of amides is 1. The van der Waals surface area contributed by atoms with Gasteiger partial charge in [-0.1, -0.05) is 25.5 Å². The fraction of sp³-hybridized carbons (Fsp3) is 0.565. The van der Waals surface area contributed by atoms with Gasteiger partial charge in [-0.25, -0.2) is 8.42 Å². The number of aryl methyl sites for hydroxylation is 1. The standard InChI is InChI=1S/C23H33N5O3S/c1-3-5-18-14-24-15-19-6-4-7-21(23(18)19)32(30,31)28-9-8-20(16-28)25-22(29)17-27-12-10-26(2)11-13-27/h4,6-7,14-15,20H,3,5,8-13,16-17H2,1-2H3,(H,25,29)/t20-/m0/s1. The topological polar surface area (TPSA) is 85.8 Å². The second-order valence-corrected chi connectivity index (χ2v) is 10.8. The average Bonchev–Trinajstić information content (AvgIpc) is 3.24. The number of aromatic nitrogens is 1. The molecule has 2 saturated heterocycles. The summed E-state index contributed by atoms with van der Waals surface area (Å²) in [6, 6.07) is 5.22. The van der Waals surface area contributed by atoms with Crippen molar-refractivity contribution < 1.29 is 13.2 Å². The van der Waals surface area contributed by atoms with Crippen molar-refractivity contribution in [3.63, 3.8) is 0 Å². The van der Waals surface area contributed by atoms with Gasteiger partial charge in [0.1, 0.15) is 0 Å². The number of fused-ring (bicyclic) bond motifs is 1. The van der Waals surface area contributed by atoms with Gasteiger partial charge in [0, 0.05) is 68.5 Å². The number of nitrogens with one attached hydrogen (secondary N) is 1. The summed E-state index contributed by atoms with van der Waals surface area (Å²) in [5, 5.41) is 4.66. The molecule has 2 aliphatic rings. The van der Waals surface area contributed by atoms with Gasteiger partial charge < -0.3 is 10.2 Å². The van der Waals surface area contributed by atoms with Crippen LogP contribution in [0.3, 0.4) is 0 Å². The molecule has 2 aliphatic heterocycles. The van der Waals surface area contributed by atoms with E-state index in [0.717, 1.165) is 55.4 Å². The summed E-state index contributed by atoms with van der Waals surface area (Å²) in [5.41, 5.74) is 0.959. The van der Waals surface area contributed by atoms with Crippen LogP contribution in [0.1, 0.15) is 25.3 Å². The molecule has 0 spiro atoms. The lowest BCUT2D eigenvalue weighted by Crippen LogP contribution is -2.49. The zero-order chi connectivity index (χ0) is 22.7. The number of sulfonamides is 1. The van der Waals surface area contributed by atoms with Crippen molar-refractivity contribution in [1.82, 2.24) is 24.4 Å². The third kappa shape index (κ3) is 4.96. The molecule has 4 rings (SSSR count). The Balaban J connectivity index is 1.45. The maximum atomic E-state index is 13.6. The summed E-state index contributed by atoms with van der Waals surface area (Å²) in [4.78, 5) is 21.6. The largest absolute Gasteiger partial charge is 0.351 e. The lowest BCUT2D eigenvalue weighted by atomic mass is 10.0. The minimum absolute atomic E-state index is 0.0275. The third-order valence-electron chi connectivity index (χ3n) is 6.44. The molecule has 0 radical (unpaired) electrons. The molecule has 1 atom stereocenters. The van der Waals surface area contributed by atoms with Crippen LogP contribution in [-0.4, -0.2) is 92.3 Å². The fourth-order valence-electron chi connectivity index (χ4n) is 4.63. The van der Waals surface area contributed by atoms with E-state index >= 15 is 0 Å². The molecule has 0 aliphatic carbocycles. The zero-order valence-corrected chi connectivity index (χ0v) is 19.8. The smallest absolute Gasteiger partial charge is 0.243 e. The van der Waals surface area contributed by atoms with E-state index in [0.29, 0.717) is 31.0 Å². The van der Waals surface area contributed by atoms with Gasteiger partial charge >= 0.3 is 0 Å². The molecule has 9 heteroatoms. The molecule has 0 unspecified atom stereocenters. The van der Waals surface area contributed by atoms with E-state index in [1.165, 1.54) is 4.31 Å². The zero-order valence-electron chi connectivity index (χ0n) is 19.0. The minimum Gasteiger partial charge on any atom is -0.351 e. The van der Waals surface area contributed by atoms with E-state index in [1.54, 1.807) is 24.5 Å². The summed E-state index contributed by atoms with van der Waals surface area (Å²) in [6.45, 7) is 6.84.